The molecule has 0 aliphatic heterocycles. The molecule has 0 N–H and O–H groups in total. The van der Waals surface area contributed by atoms with Gasteiger partial charge in [0.25, 0.3) is 0 Å². The molecule has 1 aliphatic carbocycles. The maximum Gasteiger partial charge on any atom is 0.193 e. The van der Waals surface area contributed by atoms with Crippen LogP contribution in [0.1, 0.15) is 43.7 Å². The number of fused-ring (bicyclic) bond motifs is 1. The fourth-order valence-corrected chi connectivity index (χ4v) is 3.05. The highest BCUT2D eigenvalue weighted by Crippen LogP contribution is 2.32. The van der Waals surface area contributed by atoms with Crippen molar-refractivity contribution in [2.45, 2.75) is 38.0 Å². The third-order valence-electron chi connectivity index (χ3n) is 3.14. The Morgan fingerprint density at radius 2 is 2.00 bits per heavy atom. The topological polar surface area (TPSA) is 83.5 Å². The van der Waals surface area contributed by atoms with Gasteiger partial charge >= 0.3 is 0 Å². The third-order valence-corrected chi connectivity index (χ3v) is 3.91. The van der Waals surface area contributed by atoms with Gasteiger partial charge in [-0.05, 0) is 12.8 Å². The lowest BCUT2D eigenvalue weighted by molar-refractivity contribution is -0.402. The quantitative estimate of drug-likeness (QED) is 0.587. The molecule has 2 heterocycles. The molecule has 0 amide bonds. The number of hydrogen-bond acceptors (Lipinski definition) is 5. The van der Waals surface area contributed by atoms with Crippen LogP contribution in [-0.2, 0) is 0 Å². The standard InChI is InChI=1S/C11H14N2S.NO3/c1-2-4-9(5-3-1)10-8-13-6-7-14-11(13)12-10;2-1(3)4/h6-9H,1-5H2;/q;-1. The summed E-state index contributed by atoms with van der Waals surface area (Å²) in [5.74, 6) is 0.732. The fraction of sp³-hybridized carbons (Fsp3) is 0.545. The minimum Gasteiger partial charge on any atom is -0.356 e. The van der Waals surface area contributed by atoms with Crippen molar-refractivity contribution in [3.63, 3.8) is 0 Å². The van der Waals surface area contributed by atoms with Gasteiger partial charge in [-0.1, -0.05) is 19.3 Å². The van der Waals surface area contributed by atoms with Crippen LogP contribution in [0.5, 0.6) is 0 Å². The fourth-order valence-electron chi connectivity index (χ4n) is 2.34. The first-order valence-corrected chi connectivity index (χ1v) is 6.78. The molecule has 0 atom stereocenters. The molecule has 0 bridgehead atoms. The highest BCUT2D eigenvalue weighted by atomic mass is 32.1. The van der Waals surface area contributed by atoms with Gasteiger partial charge in [-0.15, -0.1) is 11.3 Å². The summed E-state index contributed by atoms with van der Waals surface area (Å²) in [6.07, 6.45) is 11.2. The molecule has 2 aromatic rings. The molecule has 98 valence electrons. The Hall–Kier alpha value is -1.63. The van der Waals surface area contributed by atoms with Crippen molar-refractivity contribution in [1.29, 1.82) is 0 Å². The van der Waals surface area contributed by atoms with E-state index in [1.807, 2.05) is 0 Å². The first kappa shape index (κ1) is 12.8. The van der Waals surface area contributed by atoms with E-state index in [0.29, 0.717) is 0 Å². The van der Waals surface area contributed by atoms with Gasteiger partial charge in [0.1, 0.15) is 0 Å². The first-order chi connectivity index (χ1) is 8.66. The summed E-state index contributed by atoms with van der Waals surface area (Å²) in [7, 11) is 0. The third kappa shape index (κ3) is 3.19. The van der Waals surface area contributed by atoms with Crippen molar-refractivity contribution in [3.05, 3.63) is 38.8 Å². The van der Waals surface area contributed by atoms with Gasteiger partial charge in [-0.3, -0.25) is 4.40 Å². The van der Waals surface area contributed by atoms with Crippen molar-refractivity contribution in [2.75, 3.05) is 0 Å². The first-order valence-electron chi connectivity index (χ1n) is 5.90. The number of aromatic nitrogens is 2. The van der Waals surface area contributed by atoms with E-state index < -0.39 is 5.09 Å². The Bertz CT molecular complexity index is 484. The van der Waals surface area contributed by atoms with Crippen LogP contribution in [0.15, 0.2) is 17.8 Å². The molecular weight excluding hydrogens is 254 g/mol. The molecular formula is C11H14N3O3S-. The van der Waals surface area contributed by atoms with Crippen LogP contribution in [0.3, 0.4) is 0 Å². The molecule has 0 saturated heterocycles. The van der Waals surface area contributed by atoms with Crippen LogP contribution in [-0.4, -0.2) is 14.5 Å². The van der Waals surface area contributed by atoms with Gasteiger partial charge in [0.05, 0.1) is 10.8 Å². The summed E-state index contributed by atoms with van der Waals surface area (Å²) < 4.78 is 2.15. The lowest BCUT2D eigenvalue weighted by atomic mass is 9.87. The van der Waals surface area contributed by atoms with Crippen molar-refractivity contribution in [2.24, 2.45) is 0 Å². The summed E-state index contributed by atoms with van der Waals surface area (Å²) in [6.45, 7) is 0. The second-order valence-electron chi connectivity index (χ2n) is 4.32. The minimum absolute atomic E-state index is 0.732. The van der Waals surface area contributed by atoms with E-state index in [9.17, 15) is 0 Å². The van der Waals surface area contributed by atoms with Crippen LogP contribution in [0.4, 0.5) is 0 Å². The summed E-state index contributed by atoms with van der Waals surface area (Å²) in [5, 5.41) is 16.8. The van der Waals surface area contributed by atoms with Crippen LogP contribution in [0.25, 0.3) is 4.96 Å². The van der Waals surface area contributed by atoms with E-state index in [0.717, 1.165) is 10.9 Å². The number of thiazole rings is 1. The maximum absolute atomic E-state index is 8.25. The van der Waals surface area contributed by atoms with Gasteiger partial charge in [0.15, 0.2) is 4.96 Å². The van der Waals surface area contributed by atoms with Crippen molar-refractivity contribution in [1.82, 2.24) is 9.38 Å². The van der Waals surface area contributed by atoms with E-state index in [1.165, 1.54) is 37.8 Å². The van der Waals surface area contributed by atoms with Crippen LogP contribution < -0.4 is 0 Å². The van der Waals surface area contributed by atoms with E-state index >= 15 is 0 Å². The van der Waals surface area contributed by atoms with Crippen LogP contribution in [0, 0.1) is 15.3 Å². The Labute approximate surface area is 108 Å². The zero-order valence-corrected chi connectivity index (χ0v) is 10.6. The zero-order valence-electron chi connectivity index (χ0n) is 9.82. The average Bonchev–Trinajstić information content (AvgIpc) is 2.89. The lowest BCUT2D eigenvalue weighted by Gasteiger charge is -2.19. The van der Waals surface area contributed by atoms with E-state index in [1.54, 1.807) is 11.3 Å². The molecule has 1 fully saturated rings. The molecule has 7 heteroatoms. The van der Waals surface area contributed by atoms with Gasteiger partial charge in [-0.25, -0.2) is 4.98 Å². The van der Waals surface area contributed by atoms with Crippen molar-refractivity contribution in [3.8, 4) is 0 Å². The Balaban J connectivity index is 0.000000267. The van der Waals surface area contributed by atoms with Crippen molar-refractivity contribution >= 4 is 16.3 Å². The molecule has 0 radical (unpaired) electrons. The van der Waals surface area contributed by atoms with E-state index in [4.69, 9.17) is 15.3 Å². The predicted molar refractivity (Wildman–Crippen MR) is 69.3 cm³/mol. The maximum atomic E-state index is 8.25. The smallest absolute Gasteiger partial charge is 0.193 e. The van der Waals surface area contributed by atoms with Crippen molar-refractivity contribution < 1.29 is 5.09 Å². The molecule has 0 unspecified atom stereocenters. The second-order valence-corrected chi connectivity index (χ2v) is 5.19. The normalized spacial score (nSPS) is 16.2. The molecule has 1 saturated carbocycles. The lowest BCUT2D eigenvalue weighted by Crippen LogP contribution is -2.04. The summed E-state index contributed by atoms with van der Waals surface area (Å²) in [6, 6.07) is 0. The van der Waals surface area contributed by atoms with Gasteiger partial charge in [0.2, 0.25) is 0 Å². The molecule has 2 aromatic heterocycles. The predicted octanol–water partition coefficient (Wildman–Crippen LogP) is 3.20. The number of nitrogens with zero attached hydrogens (tertiary/aromatic N) is 3. The average molecular weight is 268 g/mol. The van der Waals surface area contributed by atoms with Gasteiger partial charge in [-0.2, -0.15) is 0 Å². The highest BCUT2D eigenvalue weighted by molar-refractivity contribution is 7.15. The zero-order chi connectivity index (χ0) is 13.0. The van der Waals surface area contributed by atoms with E-state index in [-0.39, 0.29) is 0 Å². The molecule has 6 nitrogen and oxygen atoms in total. The molecule has 3 rings (SSSR count). The molecule has 0 aromatic carbocycles. The van der Waals surface area contributed by atoms with Gasteiger partial charge < -0.3 is 15.3 Å². The summed E-state index contributed by atoms with van der Waals surface area (Å²) in [4.78, 5) is 14.1. The second kappa shape index (κ2) is 5.81. The van der Waals surface area contributed by atoms with Crippen LogP contribution >= 0.6 is 11.3 Å². The SMILES string of the molecule is O=[N+]([O-])[O-].c1cn2cc(C3CCCCC3)nc2s1. The summed E-state index contributed by atoms with van der Waals surface area (Å²) >= 11 is 1.72. The molecule has 1 aliphatic rings. The summed E-state index contributed by atoms with van der Waals surface area (Å²) in [5.41, 5.74) is 1.32. The van der Waals surface area contributed by atoms with Crippen LogP contribution in [0.2, 0.25) is 0 Å². The Morgan fingerprint density at radius 1 is 1.33 bits per heavy atom. The Kier molecular flexibility index (Phi) is 4.14. The molecule has 0 spiro atoms. The number of hydrogen-bond donors (Lipinski definition) is 0. The Morgan fingerprint density at radius 3 is 2.61 bits per heavy atom. The molecule has 18 heavy (non-hydrogen) atoms. The number of imidazole rings is 1. The van der Waals surface area contributed by atoms with Gasteiger partial charge in [0, 0.05) is 23.7 Å². The minimum atomic E-state index is -1.75. The largest absolute Gasteiger partial charge is 0.356 e. The monoisotopic (exact) mass is 268 g/mol. The number of rotatable bonds is 1. The highest BCUT2D eigenvalue weighted by Gasteiger charge is 2.18. The van der Waals surface area contributed by atoms with E-state index in [2.05, 4.69) is 27.2 Å².